The Morgan fingerprint density at radius 1 is 1.45 bits per heavy atom. The standard InChI is InChI=1S/C12H17FN2O4S/c1-19-12(16)9-6-8(14)7-10(11(9)13)15-4-2-3-5-20(15,17)18/h6-7,17-18H,2-5,14H2,1H3. The largest absolute Gasteiger partial charge is 0.465 e. The highest BCUT2D eigenvalue weighted by Gasteiger charge is 2.30. The lowest BCUT2D eigenvalue weighted by Gasteiger charge is -2.47. The van der Waals surface area contributed by atoms with E-state index in [-0.39, 0.29) is 22.7 Å². The van der Waals surface area contributed by atoms with E-state index in [0.29, 0.717) is 19.4 Å². The number of esters is 1. The molecular formula is C12H17FN2O4S. The Hall–Kier alpha value is -1.51. The minimum absolute atomic E-state index is 0.0786. The van der Waals surface area contributed by atoms with Gasteiger partial charge in [0.25, 0.3) is 0 Å². The number of carbonyl (C=O) groups is 1. The van der Waals surface area contributed by atoms with Crippen LogP contribution in [0.15, 0.2) is 12.1 Å². The molecule has 0 aromatic heterocycles. The molecule has 0 spiro atoms. The molecule has 2 rings (SSSR count). The Kier molecular flexibility index (Phi) is 4.07. The minimum atomic E-state index is -3.08. The fourth-order valence-electron chi connectivity index (χ4n) is 2.16. The van der Waals surface area contributed by atoms with Gasteiger partial charge in [-0.1, -0.05) is 0 Å². The van der Waals surface area contributed by atoms with Crippen molar-refractivity contribution in [3.05, 3.63) is 23.5 Å². The quantitative estimate of drug-likeness (QED) is 0.574. The lowest BCUT2D eigenvalue weighted by atomic mass is 10.1. The molecule has 4 N–H and O–H groups in total. The number of nitrogens with two attached hydrogens (primary N) is 1. The minimum Gasteiger partial charge on any atom is -0.465 e. The highest BCUT2D eigenvalue weighted by atomic mass is 32.3. The number of rotatable bonds is 2. The van der Waals surface area contributed by atoms with Crippen molar-refractivity contribution in [1.29, 1.82) is 0 Å². The summed E-state index contributed by atoms with van der Waals surface area (Å²) in [7, 11) is -1.94. The number of benzene rings is 1. The molecule has 1 aromatic rings. The van der Waals surface area contributed by atoms with E-state index in [9.17, 15) is 18.3 Å². The van der Waals surface area contributed by atoms with Crippen LogP contribution in [-0.4, -0.2) is 34.5 Å². The van der Waals surface area contributed by atoms with Gasteiger partial charge in [0.15, 0.2) is 5.82 Å². The van der Waals surface area contributed by atoms with E-state index in [2.05, 4.69) is 4.74 Å². The van der Waals surface area contributed by atoms with Gasteiger partial charge in [-0.3, -0.25) is 13.4 Å². The average Bonchev–Trinajstić information content (AvgIpc) is 2.40. The number of halogens is 1. The summed E-state index contributed by atoms with van der Waals surface area (Å²) in [6.07, 6.45) is 1.37. The van der Waals surface area contributed by atoms with Crippen molar-refractivity contribution in [3.63, 3.8) is 0 Å². The Bertz CT molecular complexity index is 538. The van der Waals surface area contributed by atoms with Gasteiger partial charge < -0.3 is 10.5 Å². The van der Waals surface area contributed by atoms with Crippen molar-refractivity contribution in [2.24, 2.45) is 0 Å². The van der Waals surface area contributed by atoms with E-state index in [1.807, 2.05) is 0 Å². The van der Waals surface area contributed by atoms with Crippen LogP contribution in [0.1, 0.15) is 23.2 Å². The number of nitrogens with zero attached hydrogens (tertiary/aromatic N) is 1. The summed E-state index contributed by atoms with van der Waals surface area (Å²) in [6, 6.07) is 2.46. The van der Waals surface area contributed by atoms with Crippen LogP contribution in [0.25, 0.3) is 0 Å². The molecule has 0 radical (unpaired) electrons. The summed E-state index contributed by atoms with van der Waals surface area (Å²) < 4.78 is 40.2. The normalized spacial score (nSPS) is 19.5. The van der Waals surface area contributed by atoms with Gasteiger partial charge in [-0.2, -0.15) is 0 Å². The van der Waals surface area contributed by atoms with Gasteiger partial charge in [0.1, 0.15) is 0 Å². The van der Waals surface area contributed by atoms with Crippen LogP contribution in [0, 0.1) is 5.82 Å². The molecule has 1 heterocycles. The molecule has 0 atom stereocenters. The van der Waals surface area contributed by atoms with Crippen molar-refractivity contribution >= 4 is 28.1 Å². The topological polar surface area (TPSA) is 96.0 Å². The molecular weight excluding hydrogens is 287 g/mol. The fraction of sp³-hybridized carbons (Fsp3) is 0.417. The molecule has 0 amide bonds. The molecule has 1 aliphatic rings. The zero-order valence-electron chi connectivity index (χ0n) is 11.0. The monoisotopic (exact) mass is 304 g/mol. The van der Waals surface area contributed by atoms with Crippen molar-refractivity contribution in [2.45, 2.75) is 12.8 Å². The second-order valence-electron chi connectivity index (χ2n) is 4.54. The molecule has 1 aromatic carbocycles. The molecule has 8 heteroatoms. The lowest BCUT2D eigenvalue weighted by Crippen LogP contribution is -2.35. The van der Waals surface area contributed by atoms with E-state index in [1.165, 1.54) is 16.4 Å². The summed E-state index contributed by atoms with van der Waals surface area (Å²) >= 11 is 0. The second-order valence-corrected chi connectivity index (χ2v) is 6.65. The van der Waals surface area contributed by atoms with Crippen molar-refractivity contribution < 1.29 is 23.0 Å². The van der Waals surface area contributed by atoms with Crippen LogP contribution in [0.3, 0.4) is 0 Å². The van der Waals surface area contributed by atoms with Gasteiger partial charge in [-0.25, -0.2) is 9.18 Å². The van der Waals surface area contributed by atoms with Gasteiger partial charge >= 0.3 is 5.97 Å². The van der Waals surface area contributed by atoms with E-state index >= 15 is 0 Å². The maximum Gasteiger partial charge on any atom is 0.341 e. The highest BCUT2D eigenvalue weighted by Crippen LogP contribution is 2.50. The fourth-order valence-corrected chi connectivity index (χ4v) is 3.84. The number of ether oxygens (including phenoxy) is 1. The summed E-state index contributed by atoms with van der Waals surface area (Å²) in [5, 5.41) is 0. The van der Waals surface area contributed by atoms with Crippen LogP contribution < -0.4 is 10.0 Å². The Balaban J connectivity index is 2.51. The van der Waals surface area contributed by atoms with Crippen LogP contribution in [0.2, 0.25) is 0 Å². The highest BCUT2D eigenvalue weighted by molar-refractivity contribution is 8.25. The van der Waals surface area contributed by atoms with Crippen molar-refractivity contribution in [1.82, 2.24) is 0 Å². The van der Waals surface area contributed by atoms with Gasteiger partial charge in [0.05, 0.1) is 24.1 Å². The number of hydrogen-bond acceptors (Lipinski definition) is 6. The number of carbonyl (C=O) groups excluding carboxylic acids is 1. The predicted molar refractivity (Wildman–Crippen MR) is 76.4 cm³/mol. The third-order valence-corrected chi connectivity index (χ3v) is 5.05. The molecule has 1 aliphatic heterocycles. The number of anilines is 2. The van der Waals surface area contributed by atoms with Crippen LogP contribution in [-0.2, 0) is 4.74 Å². The Morgan fingerprint density at radius 2 is 2.15 bits per heavy atom. The van der Waals surface area contributed by atoms with Crippen LogP contribution >= 0.6 is 10.8 Å². The Morgan fingerprint density at radius 3 is 2.75 bits per heavy atom. The SMILES string of the molecule is COC(=O)c1cc(N)cc(N2CCCCS2(O)O)c1F. The zero-order valence-corrected chi connectivity index (χ0v) is 11.8. The summed E-state index contributed by atoms with van der Waals surface area (Å²) in [5.74, 6) is -1.54. The molecule has 0 saturated carbocycles. The van der Waals surface area contributed by atoms with Crippen molar-refractivity contribution in [2.75, 3.05) is 29.4 Å². The van der Waals surface area contributed by atoms with E-state index in [0.717, 1.165) is 7.11 Å². The predicted octanol–water partition coefficient (Wildman–Crippen LogP) is 2.46. The van der Waals surface area contributed by atoms with E-state index in [4.69, 9.17) is 5.73 Å². The van der Waals surface area contributed by atoms with Crippen LogP contribution in [0.4, 0.5) is 15.8 Å². The van der Waals surface area contributed by atoms with E-state index < -0.39 is 22.6 Å². The maximum absolute atomic E-state index is 14.4. The first kappa shape index (κ1) is 14.9. The molecule has 20 heavy (non-hydrogen) atoms. The molecule has 1 saturated heterocycles. The first-order chi connectivity index (χ1) is 9.36. The van der Waals surface area contributed by atoms with Gasteiger partial charge in [-0.15, -0.1) is 10.8 Å². The smallest absolute Gasteiger partial charge is 0.341 e. The summed E-state index contributed by atoms with van der Waals surface area (Å²) in [4.78, 5) is 11.5. The van der Waals surface area contributed by atoms with Crippen molar-refractivity contribution in [3.8, 4) is 0 Å². The molecule has 0 aliphatic carbocycles. The molecule has 0 unspecified atom stereocenters. The maximum atomic E-state index is 14.4. The van der Waals surface area contributed by atoms with Gasteiger partial charge in [0, 0.05) is 12.2 Å². The number of nitrogen functional groups attached to an aromatic ring is 1. The summed E-state index contributed by atoms with van der Waals surface area (Å²) in [6.45, 7) is 0.295. The Labute approximate surface area is 117 Å². The average molecular weight is 304 g/mol. The number of methoxy groups -OCH3 is 1. The molecule has 1 fully saturated rings. The zero-order chi connectivity index (χ0) is 14.9. The summed E-state index contributed by atoms with van der Waals surface area (Å²) in [5.41, 5.74) is 5.42. The number of hydrogen-bond donors (Lipinski definition) is 3. The molecule has 6 nitrogen and oxygen atoms in total. The van der Waals surface area contributed by atoms with E-state index in [1.54, 1.807) is 0 Å². The first-order valence-electron chi connectivity index (χ1n) is 6.08. The first-order valence-corrected chi connectivity index (χ1v) is 7.75. The third-order valence-electron chi connectivity index (χ3n) is 3.13. The third kappa shape index (κ3) is 2.67. The van der Waals surface area contributed by atoms with Gasteiger partial charge in [-0.05, 0) is 25.0 Å². The van der Waals surface area contributed by atoms with Gasteiger partial charge in [0.2, 0.25) is 0 Å². The molecule has 0 bridgehead atoms. The lowest BCUT2D eigenvalue weighted by molar-refractivity contribution is 0.0595. The second kappa shape index (κ2) is 5.47. The van der Waals surface area contributed by atoms with Crippen LogP contribution in [0.5, 0.6) is 0 Å². The molecule has 112 valence electrons.